The van der Waals surface area contributed by atoms with Crippen molar-refractivity contribution in [2.75, 3.05) is 19.4 Å². The van der Waals surface area contributed by atoms with Crippen LogP contribution in [0.4, 0.5) is 5.69 Å². The van der Waals surface area contributed by atoms with Crippen molar-refractivity contribution in [1.29, 1.82) is 0 Å². The lowest BCUT2D eigenvalue weighted by Gasteiger charge is -2.15. The van der Waals surface area contributed by atoms with Crippen molar-refractivity contribution >= 4 is 22.4 Å². The largest absolute Gasteiger partial charge is 0.497 e. The molecule has 1 amide bonds. The predicted molar refractivity (Wildman–Crippen MR) is 81.1 cm³/mol. The van der Waals surface area contributed by atoms with Gasteiger partial charge in [-0.2, -0.15) is 0 Å². The van der Waals surface area contributed by atoms with Gasteiger partial charge in [0, 0.05) is 12.2 Å². The maximum Gasteiger partial charge on any atom is 0.235 e. The van der Waals surface area contributed by atoms with E-state index in [0.29, 0.717) is 28.8 Å². The molecule has 1 aromatic carbocycles. The van der Waals surface area contributed by atoms with Crippen LogP contribution < -0.4 is 15.8 Å². The van der Waals surface area contributed by atoms with Crippen molar-refractivity contribution in [3.63, 3.8) is 0 Å². The number of carbonyl (C=O) groups excluding carboxylic acids is 1. The van der Waals surface area contributed by atoms with Gasteiger partial charge in [0.25, 0.3) is 0 Å². The molecule has 0 saturated heterocycles. The van der Waals surface area contributed by atoms with Crippen molar-refractivity contribution in [3.05, 3.63) is 18.2 Å². The van der Waals surface area contributed by atoms with Crippen LogP contribution in [0.3, 0.4) is 0 Å². The number of carbonyl (C=O) groups is 1. The second-order valence-electron chi connectivity index (χ2n) is 4.98. The molecule has 1 aromatic rings. The molecule has 0 heterocycles. The van der Waals surface area contributed by atoms with Gasteiger partial charge in [-0.1, -0.05) is 13.8 Å². The number of benzene rings is 1. The number of methoxy groups -OCH3 is 1. The third-order valence-electron chi connectivity index (χ3n) is 2.81. The third kappa shape index (κ3) is 4.23. The van der Waals surface area contributed by atoms with E-state index in [-0.39, 0.29) is 5.91 Å². The highest BCUT2D eigenvalue weighted by Gasteiger charge is 2.23. The fraction of sp³-hybridized carbons (Fsp3) is 0.500. The standard InChI is InChI=1S/C14H22N2O3S/c1-9(2)8-16-14(17)10(3)20(18)13-7-11(19-4)5-6-12(13)15/h5-7,9-10H,8,15H2,1-4H3,(H,16,17). The van der Waals surface area contributed by atoms with E-state index in [2.05, 4.69) is 5.32 Å². The summed E-state index contributed by atoms with van der Waals surface area (Å²) >= 11 is 0. The Balaban J connectivity index is 2.86. The Morgan fingerprint density at radius 2 is 2.05 bits per heavy atom. The Morgan fingerprint density at radius 1 is 1.40 bits per heavy atom. The zero-order chi connectivity index (χ0) is 15.3. The highest BCUT2D eigenvalue weighted by molar-refractivity contribution is 7.86. The number of hydrogen-bond acceptors (Lipinski definition) is 4. The summed E-state index contributed by atoms with van der Waals surface area (Å²) in [7, 11) is 0.0113. The Morgan fingerprint density at radius 3 is 2.60 bits per heavy atom. The number of rotatable bonds is 6. The van der Waals surface area contributed by atoms with E-state index in [0.717, 1.165) is 0 Å². The molecule has 112 valence electrons. The van der Waals surface area contributed by atoms with Crippen LogP contribution >= 0.6 is 0 Å². The topological polar surface area (TPSA) is 81.4 Å². The van der Waals surface area contributed by atoms with E-state index in [1.165, 1.54) is 7.11 Å². The summed E-state index contributed by atoms with van der Waals surface area (Å²) in [5.41, 5.74) is 6.22. The molecule has 0 radical (unpaired) electrons. The smallest absolute Gasteiger partial charge is 0.235 e. The van der Waals surface area contributed by atoms with Crippen LogP contribution in [0, 0.1) is 5.92 Å². The lowest BCUT2D eigenvalue weighted by molar-refractivity contribution is -0.120. The quantitative estimate of drug-likeness (QED) is 0.781. The molecule has 6 heteroatoms. The lowest BCUT2D eigenvalue weighted by atomic mass is 10.2. The lowest BCUT2D eigenvalue weighted by Crippen LogP contribution is -2.37. The summed E-state index contributed by atoms with van der Waals surface area (Å²) in [6.45, 7) is 6.20. The zero-order valence-corrected chi connectivity index (χ0v) is 13.1. The first-order chi connectivity index (χ1) is 9.36. The normalized spacial score (nSPS) is 13.8. The molecule has 5 nitrogen and oxygen atoms in total. The predicted octanol–water partition coefficient (Wildman–Crippen LogP) is 1.55. The average molecular weight is 298 g/mol. The van der Waals surface area contributed by atoms with Crippen LogP contribution in [-0.4, -0.2) is 29.0 Å². The molecule has 0 aliphatic heterocycles. The number of anilines is 1. The molecule has 0 fully saturated rings. The van der Waals surface area contributed by atoms with Gasteiger partial charge in [0.15, 0.2) is 0 Å². The van der Waals surface area contributed by atoms with E-state index < -0.39 is 16.0 Å². The number of ether oxygens (including phenoxy) is 1. The molecule has 0 saturated carbocycles. The van der Waals surface area contributed by atoms with Crippen LogP contribution in [0.5, 0.6) is 5.75 Å². The molecule has 2 atom stereocenters. The van der Waals surface area contributed by atoms with E-state index in [9.17, 15) is 9.00 Å². The summed E-state index contributed by atoms with van der Waals surface area (Å²) in [6, 6.07) is 4.93. The highest BCUT2D eigenvalue weighted by atomic mass is 32.2. The Bertz CT molecular complexity index is 503. The van der Waals surface area contributed by atoms with Crippen molar-refractivity contribution in [2.45, 2.75) is 30.9 Å². The van der Waals surface area contributed by atoms with Gasteiger partial charge in [-0.3, -0.25) is 9.00 Å². The summed E-state index contributed by atoms with van der Waals surface area (Å²) in [5, 5.41) is 2.11. The second-order valence-corrected chi connectivity index (χ2v) is 6.72. The molecule has 3 N–H and O–H groups in total. The minimum Gasteiger partial charge on any atom is -0.497 e. The van der Waals surface area contributed by atoms with Crippen LogP contribution in [0.1, 0.15) is 20.8 Å². The van der Waals surface area contributed by atoms with E-state index in [1.807, 2.05) is 13.8 Å². The summed E-state index contributed by atoms with van der Waals surface area (Å²) in [5.74, 6) is 0.679. The van der Waals surface area contributed by atoms with Crippen molar-refractivity contribution in [1.82, 2.24) is 5.32 Å². The van der Waals surface area contributed by atoms with E-state index in [4.69, 9.17) is 10.5 Å². The van der Waals surface area contributed by atoms with Gasteiger partial charge in [0.2, 0.25) is 5.91 Å². The molecule has 2 unspecified atom stereocenters. The summed E-state index contributed by atoms with van der Waals surface area (Å²) < 4.78 is 17.5. The van der Waals surface area contributed by atoms with Gasteiger partial charge in [-0.15, -0.1) is 0 Å². The van der Waals surface area contributed by atoms with Crippen LogP contribution in [0.2, 0.25) is 0 Å². The number of amides is 1. The van der Waals surface area contributed by atoms with Gasteiger partial charge < -0.3 is 15.8 Å². The molecule has 0 aliphatic rings. The third-order valence-corrected chi connectivity index (χ3v) is 4.46. The summed E-state index contributed by atoms with van der Waals surface area (Å²) in [4.78, 5) is 12.4. The number of nitrogens with two attached hydrogens (primary N) is 1. The van der Waals surface area contributed by atoms with Gasteiger partial charge >= 0.3 is 0 Å². The minimum atomic E-state index is -1.51. The number of hydrogen-bond donors (Lipinski definition) is 2. The van der Waals surface area contributed by atoms with Crippen LogP contribution in [0.15, 0.2) is 23.1 Å². The van der Waals surface area contributed by atoms with Gasteiger partial charge in [0.05, 0.1) is 22.8 Å². The van der Waals surface area contributed by atoms with Gasteiger partial charge in [-0.25, -0.2) is 0 Å². The Kier molecular flexibility index (Phi) is 6.01. The Hall–Kier alpha value is -1.56. The molecular weight excluding hydrogens is 276 g/mol. The van der Waals surface area contributed by atoms with Gasteiger partial charge in [-0.05, 0) is 31.0 Å². The first kappa shape index (κ1) is 16.5. The molecule has 0 bridgehead atoms. The number of nitrogen functional groups attached to an aromatic ring is 1. The highest BCUT2D eigenvalue weighted by Crippen LogP contribution is 2.24. The van der Waals surface area contributed by atoms with Crippen molar-refractivity contribution < 1.29 is 13.7 Å². The first-order valence-corrected chi connectivity index (χ1v) is 7.70. The molecular formula is C14H22N2O3S. The maximum absolute atomic E-state index is 12.4. The second kappa shape index (κ2) is 7.28. The van der Waals surface area contributed by atoms with Crippen LogP contribution in [0.25, 0.3) is 0 Å². The van der Waals surface area contributed by atoms with Crippen molar-refractivity contribution in [3.8, 4) is 5.75 Å². The van der Waals surface area contributed by atoms with E-state index >= 15 is 0 Å². The molecule has 0 aliphatic carbocycles. The monoisotopic (exact) mass is 298 g/mol. The zero-order valence-electron chi connectivity index (χ0n) is 12.3. The molecule has 20 heavy (non-hydrogen) atoms. The van der Waals surface area contributed by atoms with E-state index in [1.54, 1.807) is 25.1 Å². The average Bonchev–Trinajstić information content (AvgIpc) is 2.43. The Labute approximate surface area is 122 Å². The molecule has 0 aromatic heterocycles. The maximum atomic E-state index is 12.4. The fourth-order valence-electron chi connectivity index (χ4n) is 1.55. The van der Waals surface area contributed by atoms with Crippen molar-refractivity contribution in [2.24, 2.45) is 5.92 Å². The SMILES string of the molecule is COc1ccc(N)c(S(=O)C(C)C(=O)NCC(C)C)c1. The minimum absolute atomic E-state index is 0.237. The number of nitrogens with one attached hydrogen (secondary N) is 1. The molecule has 1 rings (SSSR count). The van der Waals surface area contributed by atoms with Crippen LogP contribution in [-0.2, 0) is 15.6 Å². The summed E-state index contributed by atoms with van der Waals surface area (Å²) in [6.07, 6.45) is 0. The van der Waals surface area contributed by atoms with Gasteiger partial charge in [0.1, 0.15) is 11.0 Å². The molecule has 0 spiro atoms. The first-order valence-electron chi connectivity index (χ1n) is 6.48. The fourth-order valence-corrected chi connectivity index (χ4v) is 2.74.